The first-order valence-electron chi connectivity index (χ1n) is 10.8. The van der Waals surface area contributed by atoms with Crippen molar-refractivity contribution in [1.82, 2.24) is 0 Å². The summed E-state index contributed by atoms with van der Waals surface area (Å²) in [4.78, 5) is 0. The molecule has 1 aromatic rings. The van der Waals surface area contributed by atoms with Crippen LogP contribution in [0.25, 0.3) is 0 Å². The number of allylic oxidation sites excluding steroid dienone is 5. The summed E-state index contributed by atoms with van der Waals surface area (Å²) < 4.78 is 0. The molecule has 1 aromatic carbocycles. The second-order valence-corrected chi connectivity index (χ2v) is 8.45. The van der Waals surface area contributed by atoms with Crippen molar-refractivity contribution < 1.29 is 0 Å². The zero-order valence-corrected chi connectivity index (χ0v) is 16.6. The van der Waals surface area contributed by atoms with Crippen LogP contribution in [0.2, 0.25) is 0 Å². The van der Waals surface area contributed by atoms with E-state index in [1.165, 1.54) is 63.4 Å². The van der Waals surface area contributed by atoms with E-state index in [0.717, 1.165) is 11.8 Å². The monoisotopic (exact) mass is 348 g/mol. The summed E-state index contributed by atoms with van der Waals surface area (Å²) >= 11 is 0. The molecule has 1 fully saturated rings. The molecule has 0 amide bonds. The Bertz CT molecular complexity index is 584. The summed E-state index contributed by atoms with van der Waals surface area (Å²) in [5, 5.41) is 0. The third-order valence-electron chi connectivity index (χ3n) is 6.72. The third-order valence-corrected chi connectivity index (χ3v) is 6.72. The molecule has 0 radical (unpaired) electrons. The topological polar surface area (TPSA) is 0 Å². The number of rotatable bonds is 8. The lowest BCUT2D eigenvalue weighted by Gasteiger charge is -2.42. The average Bonchev–Trinajstić information content (AvgIpc) is 2.70. The molecular weight excluding hydrogens is 312 g/mol. The van der Waals surface area contributed by atoms with Crippen molar-refractivity contribution in [3.05, 3.63) is 72.9 Å². The molecule has 0 N–H and O–H groups in total. The number of unbranched alkanes of at least 4 members (excludes halogenated alkanes) is 1. The standard InChI is InChI=1S/C26H36/c1-3-5-7-10-22-13-15-25(16-14-22)26(19-4-2)20-17-24(18-21-26)23-11-8-6-9-12-23/h3,6,8-9,11-12,17-18,20-22,24-25H,1,4-5,7,10,13-16,19H2,2H3. The maximum atomic E-state index is 3.86. The minimum absolute atomic E-state index is 0.312. The summed E-state index contributed by atoms with van der Waals surface area (Å²) in [6.45, 7) is 6.20. The molecule has 3 rings (SSSR count). The van der Waals surface area contributed by atoms with Gasteiger partial charge < -0.3 is 0 Å². The Hall–Kier alpha value is -1.56. The molecule has 0 bridgehead atoms. The van der Waals surface area contributed by atoms with Gasteiger partial charge in [0.05, 0.1) is 0 Å². The fourth-order valence-electron chi connectivity index (χ4n) is 5.20. The van der Waals surface area contributed by atoms with Crippen LogP contribution >= 0.6 is 0 Å². The summed E-state index contributed by atoms with van der Waals surface area (Å²) in [5.74, 6) is 2.25. The van der Waals surface area contributed by atoms with Gasteiger partial charge >= 0.3 is 0 Å². The molecule has 0 aliphatic heterocycles. The molecule has 0 heteroatoms. The van der Waals surface area contributed by atoms with Crippen LogP contribution in [0.3, 0.4) is 0 Å². The molecule has 0 atom stereocenters. The van der Waals surface area contributed by atoms with Crippen molar-refractivity contribution in [3.63, 3.8) is 0 Å². The highest BCUT2D eigenvalue weighted by Crippen LogP contribution is 2.48. The molecule has 1 saturated carbocycles. The zero-order chi connectivity index (χ0) is 18.2. The van der Waals surface area contributed by atoms with Crippen LogP contribution in [0.15, 0.2) is 67.3 Å². The van der Waals surface area contributed by atoms with Gasteiger partial charge in [-0.2, -0.15) is 0 Å². The molecule has 0 heterocycles. The molecular formula is C26H36. The normalized spacial score (nSPS) is 31.0. The Morgan fingerprint density at radius 3 is 2.35 bits per heavy atom. The largest absolute Gasteiger partial charge is 0.103 e. The summed E-state index contributed by atoms with van der Waals surface area (Å²) in [5.41, 5.74) is 1.72. The summed E-state index contributed by atoms with van der Waals surface area (Å²) in [7, 11) is 0. The van der Waals surface area contributed by atoms with Gasteiger partial charge in [0.1, 0.15) is 0 Å². The van der Waals surface area contributed by atoms with Gasteiger partial charge in [-0.05, 0) is 49.5 Å². The molecule has 2 aliphatic rings. The van der Waals surface area contributed by atoms with Gasteiger partial charge in [-0.3, -0.25) is 0 Å². The molecule has 140 valence electrons. The average molecular weight is 349 g/mol. The van der Waals surface area contributed by atoms with Crippen molar-refractivity contribution in [2.45, 2.75) is 70.6 Å². The lowest BCUT2D eigenvalue weighted by atomic mass is 9.62. The van der Waals surface area contributed by atoms with Crippen molar-refractivity contribution in [3.8, 4) is 0 Å². The van der Waals surface area contributed by atoms with Crippen molar-refractivity contribution in [2.75, 3.05) is 0 Å². The van der Waals surface area contributed by atoms with Crippen LogP contribution in [-0.2, 0) is 0 Å². The van der Waals surface area contributed by atoms with Crippen molar-refractivity contribution in [2.24, 2.45) is 17.3 Å². The van der Waals surface area contributed by atoms with Crippen LogP contribution in [-0.4, -0.2) is 0 Å². The summed E-state index contributed by atoms with van der Waals surface area (Å²) in [6.07, 6.45) is 24.3. The van der Waals surface area contributed by atoms with Gasteiger partial charge in [-0.1, -0.05) is 93.3 Å². The second kappa shape index (κ2) is 9.40. The predicted octanol–water partition coefficient (Wildman–Crippen LogP) is 7.85. The molecule has 26 heavy (non-hydrogen) atoms. The smallest absolute Gasteiger partial charge is 0.0199 e. The van der Waals surface area contributed by atoms with Gasteiger partial charge in [-0.25, -0.2) is 0 Å². The second-order valence-electron chi connectivity index (χ2n) is 8.45. The van der Waals surface area contributed by atoms with Crippen LogP contribution in [0, 0.1) is 17.3 Å². The minimum atomic E-state index is 0.312. The molecule has 0 nitrogen and oxygen atoms in total. The Morgan fingerprint density at radius 2 is 1.73 bits per heavy atom. The number of hydrogen-bond acceptors (Lipinski definition) is 0. The van der Waals surface area contributed by atoms with Crippen molar-refractivity contribution >= 4 is 0 Å². The van der Waals surface area contributed by atoms with E-state index in [-0.39, 0.29) is 0 Å². The van der Waals surface area contributed by atoms with Gasteiger partial charge in [0.15, 0.2) is 0 Å². The Labute approximate surface area is 161 Å². The van der Waals surface area contributed by atoms with E-state index < -0.39 is 0 Å². The maximum Gasteiger partial charge on any atom is 0.0199 e. The van der Waals surface area contributed by atoms with Gasteiger partial charge in [-0.15, -0.1) is 6.58 Å². The first kappa shape index (κ1) is 19.2. The van der Waals surface area contributed by atoms with Crippen LogP contribution < -0.4 is 0 Å². The quantitative estimate of drug-likeness (QED) is 0.331. The molecule has 0 saturated heterocycles. The van der Waals surface area contributed by atoms with Crippen molar-refractivity contribution in [1.29, 1.82) is 0 Å². The highest BCUT2D eigenvalue weighted by molar-refractivity contribution is 5.34. The van der Waals surface area contributed by atoms with E-state index in [9.17, 15) is 0 Å². The van der Waals surface area contributed by atoms with Crippen LogP contribution in [0.1, 0.15) is 76.2 Å². The predicted molar refractivity (Wildman–Crippen MR) is 114 cm³/mol. The first-order valence-corrected chi connectivity index (χ1v) is 10.8. The van der Waals surface area contributed by atoms with E-state index in [0.29, 0.717) is 11.3 Å². The van der Waals surface area contributed by atoms with Crippen LogP contribution in [0.5, 0.6) is 0 Å². The Balaban J connectivity index is 1.63. The molecule has 2 aliphatic carbocycles. The van der Waals surface area contributed by atoms with Gasteiger partial charge in [0.2, 0.25) is 0 Å². The lowest BCUT2D eigenvalue weighted by molar-refractivity contribution is 0.165. The Kier molecular flexibility index (Phi) is 6.94. The Morgan fingerprint density at radius 1 is 1.04 bits per heavy atom. The van der Waals surface area contributed by atoms with E-state index in [4.69, 9.17) is 0 Å². The van der Waals surface area contributed by atoms with E-state index in [1.807, 2.05) is 0 Å². The fraction of sp³-hybridized carbons (Fsp3) is 0.538. The van der Waals surface area contributed by atoms with Crippen LogP contribution in [0.4, 0.5) is 0 Å². The van der Waals surface area contributed by atoms with Gasteiger partial charge in [0.25, 0.3) is 0 Å². The number of hydrogen-bond donors (Lipinski definition) is 0. The molecule has 0 spiro atoms. The lowest BCUT2D eigenvalue weighted by Crippen LogP contribution is -2.32. The highest BCUT2D eigenvalue weighted by atomic mass is 14.4. The SMILES string of the molecule is C=CCCCC1CCC(C2(CCC)C=CC(c3ccccc3)C=C2)CC1. The number of benzene rings is 1. The summed E-state index contributed by atoms with van der Waals surface area (Å²) in [6, 6.07) is 10.9. The van der Waals surface area contributed by atoms with Gasteiger partial charge in [0, 0.05) is 11.3 Å². The minimum Gasteiger partial charge on any atom is -0.103 e. The zero-order valence-electron chi connectivity index (χ0n) is 16.6. The maximum absolute atomic E-state index is 3.86. The van der Waals surface area contributed by atoms with E-state index >= 15 is 0 Å². The molecule has 0 aromatic heterocycles. The highest BCUT2D eigenvalue weighted by Gasteiger charge is 2.37. The third kappa shape index (κ3) is 4.58. The fourth-order valence-corrected chi connectivity index (χ4v) is 5.20. The molecule has 0 unspecified atom stereocenters. The van der Waals surface area contributed by atoms with E-state index in [2.05, 4.69) is 74.2 Å². The van der Waals surface area contributed by atoms with E-state index in [1.54, 1.807) is 0 Å². The first-order chi connectivity index (χ1) is 12.8.